The van der Waals surface area contributed by atoms with Crippen molar-refractivity contribution in [3.8, 4) is 0 Å². The average Bonchev–Trinajstić information content (AvgIpc) is 2.70. The number of aryl methyl sites for hydroxylation is 1. The van der Waals surface area contributed by atoms with Crippen molar-refractivity contribution in [2.45, 2.75) is 37.5 Å². The zero-order chi connectivity index (χ0) is 20.1. The van der Waals surface area contributed by atoms with Crippen LogP contribution in [0, 0.1) is 12.7 Å². The number of carbonyl (C=O) groups is 1. The van der Waals surface area contributed by atoms with Crippen molar-refractivity contribution in [1.82, 2.24) is 9.62 Å². The molecular weight excluding hydrogens is 379 g/mol. The van der Waals surface area contributed by atoms with Gasteiger partial charge in [-0.1, -0.05) is 30.7 Å². The normalized spacial score (nSPS) is 15.4. The molecule has 0 saturated carbocycles. The third kappa shape index (κ3) is 4.59. The molecule has 0 aliphatic carbocycles. The molecule has 0 aromatic heterocycles. The Kier molecular flexibility index (Phi) is 6.46. The van der Waals surface area contributed by atoms with Crippen LogP contribution >= 0.6 is 0 Å². The number of nitrogens with one attached hydrogen (secondary N) is 1. The summed E-state index contributed by atoms with van der Waals surface area (Å²) >= 11 is 0. The molecule has 1 heterocycles. The fourth-order valence-corrected chi connectivity index (χ4v) is 4.91. The number of carbonyl (C=O) groups excluding carboxylic acids is 1. The molecule has 2 aromatic carbocycles. The van der Waals surface area contributed by atoms with Gasteiger partial charge in [-0.05, 0) is 55.5 Å². The number of halogens is 1. The fourth-order valence-electron chi connectivity index (χ4n) is 3.37. The molecule has 1 amide bonds. The average molecular weight is 405 g/mol. The summed E-state index contributed by atoms with van der Waals surface area (Å²) in [5, 5.41) is 2.76. The quantitative estimate of drug-likeness (QED) is 0.804. The number of benzene rings is 2. The number of sulfonamides is 1. The van der Waals surface area contributed by atoms with Crippen molar-refractivity contribution < 1.29 is 17.6 Å². The zero-order valence-corrected chi connectivity index (χ0v) is 16.8. The van der Waals surface area contributed by atoms with E-state index in [-0.39, 0.29) is 23.2 Å². The second kappa shape index (κ2) is 8.84. The zero-order valence-electron chi connectivity index (χ0n) is 15.9. The van der Waals surface area contributed by atoms with Gasteiger partial charge in [0.15, 0.2) is 0 Å². The maximum absolute atomic E-state index is 13.7. The Bertz CT molecular complexity index is 954. The second-order valence-electron chi connectivity index (χ2n) is 7.04. The standard InChI is InChI=1S/C21H25FN2O3S/c1-16-9-10-18(28(26,27)24-13-5-2-6-14-24)15-19(16)21(25)23-12-11-17-7-3-4-8-20(17)22/h3-4,7-10,15H,2,5-6,11-14H2,1H3,(H,23,25). The molecule has 1 aliphatic rings. The van der Waals surface area contributed by atoms with E-state index in [4.69, 9.17) is 0 Å². The molecule has 3 rings (SSSR count). The molecule has 1 aliphatic heterocycles. The van der Waals surface area contributed by atoms with E-state index in [1.54, 1.807) is 37.3 Å². The van der Waals surface area contributed by atoms with E-state index < -0.39 is 10.0 Å². The third-order valence-corrected chi connectivity index (χ3v) is 6.94. The predicted octanol–water partition coefficient (Wildman–Crippen LogP) is 3.28. The smallest absolute Gasteiger partial charge is 0.251 e. The van der Waals surface area contributed by atoms with Crippen molar-refractivity contribution in [2.24, 2.45) is 0 Å². The van der Waals surface area contributed by atoms with Crippen LogP contribution in [0.2, 0.25) is 0 Å². The Morgan fingerprint density at radius 3 is 2.54 bits per heavy atom. The Morgan fingerprint density at radius 2 is 1.82 bits per heavy atom. The first-order valence-corrected chi connectivity index (χ1v) is 11.0. The molecule has 1 N–H and O–H groups in total. The maximum Gasteiger partial charge on any atom is 0.251 e. The molecule has 0 spiro atoms. The van der Waals surface area contributed by atoms with Gasteiger partial charge in [0, 0.05) is 25.2 Å². The summed E-state index contributed by atoms with van der Waals surface area (Å²) in [7, 11) is -3.60. The molecule has 7 heteroatoms. The number of hydrogen-bond donors (Lipinski definition) is 1. The minimum atomic E-state index is -3.60. The van der Waals surface area contributed by atoms with Gasteiger partial charge in [-0.15, -0.1) is 0 Å². The van der Waals surface area contributed by atoms with Gasteiger partial charge in [-0.25, -0.2) is 12.8 Å². The molecule has 1 saturated heterocycles. The van der Waals surface area contributed by atoms with Crippen LogP contribution in [0.5, 0.6) is 0 Å². The highest BCUT2D eigenvalue weighted by Crippen LogP contribution is 2.23. The number of amides is 1. The van der Waals surface area contributed by atoms with Gasteiger partial charge in [-0.2, -0.15) is 4.31 Å². The number of hydrogen-bond acceptors (Lipinski definition) is 3. The van der Waals surface area contributed by atoms with Crippen molar-refractivity contribution >= 4 is 15.9 Å². The van der Waals surface area contributed by atoms with Gasteiger partial charge in [-0.3, -0.25) is 4.79 Å². The van der Waals surface area contributed by atoms with Gasteiger partial charge in [0.1, 0.15) is 5.82 Å². The van der Waals surface area contributed by atoms with Crippen LogP contribution in [0.4, 0.5) is 4.39 Å². The van der Waals surface area contributed by atoms with Crippen molar-refractivity contribution in [2.75, 3.05) is 19.6 Å². The summed E-state index contributed by atoms with van der Waals surface area (Å²) in [4.78, 5) is 12.7. The molecule has 28 heavy (non-hydrogen) atoms. The van der Waals surface area contributed by atoms with Crippen LogP contribution in [0.3, 0.4) is 0 Å². The molecular formula is C21H25FN2O3S. The minimum Gasteiger partial charge on any atom is -0.352 e. The number of piperidine rings is 1. The van der Waals surface area contributed by atoms with E-state index >= 15 is 0 Å². The lowest BCUT2D eigenvalue weighted by Crippen LogP contribution is -2.35. The van der Waals surface area contributed by atoms with Gasteiger partial charge in [0.05, 0.1) is 4.90 Å². The minimum absolute atomic E-state index is 0.138. The first kappa shape index (κ1) is 20.5. The first-order valence-electron chi connectivity index (χ1n) is 9.52. The Morgan fingerprint density at radius 1 is 1.11 bits per heavy atom. The summed E-state index contributed by atoms with van der Waals surface area (Å²) < 4.78 is 40.9. The monoisotopic (exact) mass is 404 g/mol. The topological polar surface area (TPSA) is 66.5 Å². The van der Waals surface area contributed by atoms with Crippen LogP contribution < -0.4 is 5.32 Å². The molecule has 150 valence electrons. The number of rotatable bonds is 6. The highest BCUT2D eigenvalue weighted by Gasteiger charge is 2.27. The van der Waals surface area contributed by atoms with Crippen molar-refractivity contribution in [1.29, 1.82) is 0 Å². The Balaban J connectivity index is 1.72. The lowest BCUT2D eigenvalue weighted by Gasteiger charge is -2.26. The van der Waals surface area contributed by atoms with E-state index in [0.29, 0.717) is 36.2 Å². The SMILES string of the molecule is Cc1ccc(S(=O)(=O)N2CCCCC2)cc1C(=O)NCCc1ccccc1F. The van der Waals surface area contributed by atoms with Crippen LogP contribution in [0.15, 0.2) is 47.4 Å². The van der Waals surface area contributed by atoms with Crippen molar-refractivity contribution in [3.05, 3.63) is 65.0 Å². The van der Waals surface area contributed by atoms with Gasteiger partial charge >= 0.3 is 0 Å². The summed E-state index contributed by atoms with van der Waals surface area (Å²) in [6, 6.07) is 11.1. The van der Waals surface area contributed by atoms with Crippen LogP contribution in [0.25, 0.3) is 0 Å². The molecule has 0 radical (unpaired) electrons. The van der Waals surface area contributed by atoms with E-state index in [0.717, 1.165) is 19.3 Å². The van der Waals surface area contributed by atoms with Crippen LogP contribution in [-0.2, 0) is 16.4 Å². The summed E-state index contributed by atoms with van der Waals surface area (Å²) in [5.41, 5.74) is 1.55. The molecule has 0 atom stereocenters. The summed E-state index contributed by atoms with van der Waals surface area (Å²) in [6.07, 6.45) is 3.11. The van der Waals surface area contributed by atoms with Crippen LogP contribution in [-0.4, -0.2) is 38.3 Å². The third-order valence-electron chi connectivity index (χ3n) is 5.04. The molecule has 0 unspecified atom stereocenters. The first-order chi connectivity index (χ1) is 13.4. The summed E-state index contributed by atoms with van der Waals surface area (Å²) in [6.45, 7) is 3.06. The van der Waals surface area contributed by atoms with Gasteiger partial charge in [0.2, 0.25) is 10.0 Å². The largest absolute Gasteiger partial charge is 0.352 e. The highest BCUT2D eigenvalue weighted by atomic mass is 32.2. The van der Waals surface area contributed by atoms with E-state index in [9.17, 15) is 17.6 Å². The maximum atomic E-state index is 13.7. The van der Waals surface area contributed by atoms with E-state index in [1.165, 1.54) is 16.4 Å². The second-order valence-corrected chi connectivity index (χ2v) is 8.98. The highest BCUT2D eigenvalue weighted by molar-refractivity contribution is 7.89. The van der Waals surface area contributed by atoms with E-state index in [2.05, 4.69) is 5.32 Å². The number of nitrogens with zero attached hydrogens (tertiary/aromatic N) is 1. The lowest BCUT2D eigenvalue weighted by atomic mass is 10.1. The van der Waals surface area contributed by atoms with Crippen LogP contribution in [0.1, 0.15) is 40.7 Å². The van der Waals surface area contributed by atoms with Gasteiger partial charge < -0.3 is 5.32 Å². The molecule has 2 aromatic rings. The predicted molar refractivity (Wildman–Crippen MR) is 106 cm³/mol. The van der Waals surface area contributed by atoms with E-state index in [1.807, 2.05) is 0 Å². The molecule has 0 bridgehead atoms. The molecule has 1 fully saturated rings. The fraction of sp³-hybridized carbons (Fsp3) is 0.381. The van der Waals surface area contributed by atoms with Crippen molar-refractivity contribution in [3.63, 3.8) is 0 Å². The lowest BCUT2D eigenvalue weighted by molar-refractivity contribution is 0.0953. The summed E-state index contributed by atoms with van der Waals surface area (Å²) in [5.74, 6) is -0.660. The van der Waals surface area contributed by atoms with Gasteiger partial charge in [0.25, 0.3) is 5.91 Å². The Hall–Kier alpha value is -2.25. The Labute approximate surface area is 165 Å². The molecule has 5 nitrogen and oxygen atoms in total.